The van der Waals surface area contributed by atoms with Gasteiger partial charge in [0.05, 0.1) is 18.3 Å². The Morgan fingerprint density at radius 1 is 1.42 bits per heavy atom. The number of halogens is 1. The summed E-state index contributed by atoms with van der Waals surface area (Å²) in [5, 5.41) is 1.29. The van der Waals surface area contributed by atoms with Gasteiger partial charge in [0, 0.05) is 5.39 Å². The van der Waals surface area contributed by atoms with Crippen LogP contribution in [-0.4, -0.2) is 11.7 Å². The number of aromatic nitrogens is 1. The number of ether oxygens (including phenoxy) is 1. The van der Waals surface area contributed by atoms with Crippen molar-refractivity contribution in [3.8, 4) is 11.4 Å². The maximum atomic E-state index is 5.13. The number of hydrogen-bond donors (Lipinski definition) is 0. The molecule has 0 spiro atoms. The van der Waals surface area contributed by atoms with E-state index in [1.54, 1.807) is 7.11 Å². The standard InChI is InChI=1S/C9H6BrNO/c1-12-5-2-3-7-6(4-5)8-9(10)11(7)8/h2-4H,1H3. The van der Waals surface area contributed by atoms with Crippen LogP contribution in [0.4, 0.5) is 0 Å². The van der Waals surface area contributed by atoms with E-state index in [0.29, 0.717) is 0 Å². The van der Waals surface area contributed by atoms with Crippen molar-refractivity contribution in [2.24, 2.45) is 0 Å². The lowest BCUT2D eigenvalue weighted by molar-refractivity contribution is 0.415. The Balaban J connectivity index is 2.32. The van der Waals surface area contributed by atoms with Crippen LogP contribution in [0.25, 0.3) is 16.6 Å². The second-order valence-corrected chi connectivity index (χ2v) is 3.61. The van der Waals surface area contributed by atoms with Crippen molar-refractivity contribution < 1.29 is 4.74 Å². The molecule has 0 saturated heterocycles. The van der Waals surface area contributed by atoms with E-state index < -0.39 is 0 Å². The maximum absolute atomic E-state index is 5.13. The highest BCUT2D eigenvalue weighted by Crippen LogP contribution is 2.49. The van der Waals surface area contributed by atoms with Crippen LogP contribution in [0.1, 0.15) is 0 Å². The first-order chi connectivity index (χ1) is 5.83. The largest absolute Gasteiger partial charge is 0.497 e. The molecule has 0 bridgehead atoms. The predicted molar refractivity (Wildman–Crippen MR) is 51.1 cm³/mol. The summed E-state index contributed by atoms with van der Waals surface area (Å²) in [5.74, 6) is 0.924. The van der Waals surface area contributed by atoms with Gasteiger partial charge in [0.2, 0.25) is 0 Å². The Hall–Kier alpha value is -0.960. The summed E-state index contributed by atoms with van der Waals surface area (Å²) in [6, 6.07) is 6.12. The third-order valence-electron chi connectivity index (χ3n) is 2.27. The normalized spacial score (nSPS) is 12.2. The lowest BCUT2D eigenvalue weighted by Crippen LogP contribution is -1.89. The molecule has 0 radical (unpaired) electrons. The van der Waals surface area contributed by atoms with Gasteiger partial charge in [-0.25, -0.2) is 0 Å². The minimum absolute atomic E-state index is 0.924. The topological polar surface area (TPSA) is 14.2 Å². The summed E-state index contributed by atoms with van der Waals surface area (Å²) in [4.78, 5) is 0. The van der Waals surface area contributed by atoms with E-state index in [1.165, 1.54) is 21.2 Å². The van der Waals surface area contributed by atoms with Crippen molar-refractivity contribution >= 4 is 26.8 Å². The fraction of sp³-hybridized carbons (Fsp3) is 0.111. The zero-order valence-electron chi connectivity index (χ0n) is 6.47. The highest BCUT2D eigenvalue weighted by atomic mass is 79.9. The first-order valence-corrected chi connectivity index (χ1v) is 4.50. The van der Waals surface area contributed by atoms with Crippen molar-refractivity contribution in [3.05, 3.63) is 22.8 Å². The van der Waals surface area contributed by atoms with E-state index >= 15 is 0 Å². The van der Waals surface area contributed by atoms with Gasteiger partial charge in [0.1, 0.15) is 10.4 Å². The quantitative estimate of drug-likeness (QED) is 0.619. The number of hydrogen-bond acceptors (Lipinski definition) is 1. The first kappa shape index (κ1) is 6.54. The molecule has 1 aromatic rings. The van der Waals surface area contributed by atoms with Gasteiger partial charge in [-0.2, -0.15) is 0 Å². The maximum Gasteiger partial charge on any atom is 0.119 e. The zero-order valence-corrected chi connectivity index (χ0v) is 8.05. The second-order valence-electron chi connectivity index (χ2n) is 2.86. The van der Waals surface area contributed by atoms with Gasteiger partial charge in [-0.05, 0) is 34.1 Å². The summed E-state index contributed by atoms with van der Waals surface area (Å²) in [6.07, 6.45) is 0. The summed E-state index contributed by atoms with van der Waals surface area (Å²) in [6.45, 7) is 0. The minimum atomic E-state index is 0.924. The van der Waals surface area contributed by atoms with Gasteiger partial charge in [-0.15, -0.1) is 0 Å². The summed E-state index contributed by atoms with van der Waals surface area (Å²) in [7, 11) is 1.69. The Morgan fingerprint density at radius 2 is 2.25 bits per heavy atom. The monoisotopic (exact) mass is 223 g/mol. The third kappa shape index (κ3) is 0.569. The molecule has 12 heavy (non-hydrogen) atoms. The molecule has 0 saturated carbocycles. The highest BCUT2D eigenvalue weighted by Gasteiger charge is 2.30. The summed E-state index contributed by atoms with van der Waals surface area (Å²) < 4.78 is 8.50. The molecule has 0 atom stereocenters. The smallest absolute Gasteiger partial charge is 0.119 e. The van der Waals surface area contributed by atoms with Crippen LogP contribution in [0.15, 0.2) is 22.8 Å². The lowest BCUT2D eigenvalue weighted by atomic mass is 10.2. The molecule has 2 heterocycles. The molecule has 2 nitrogen and oxygen atoms in total. The second kappa shape index (κ2) is 1.85. The first-order valence-electron chi connectivity index (χ1n) is 3.71. The molecule has 3 rings (SSSR count). The fourth-order valence-electron chi connectivity index (χ4n) is 1.58. The zero-order chi connectivity index (χ0) is 8.29. The van der Waals surface area contributed by atoms with Gasteiger partial charge < -0.3 is 4.74 Å². The highest BCUT2D eigenvalue weighted by molar-refractivity contribution is 9.10. The van der Waals surface area contributed by atoms with E-state index in [1.807, 2.05) is 6.07 Å². The van der Waals surface area contributed by atoms with Gasteiger partial charge >= 0.3 is 0 Å². The Labute approximate surface area is 77.9 Å². The number of methoxy groups -OCH3 is 1. The van der Waals surface area contributed by atoms with Gasteiger partial charge in [-0.1, -0.05) is 0 Å². The van der Waals surface area contributed by atoms with Crippen LogP contribution in [0.3, 0.4) is 0 Å². The molecule has 60 valence electrons. The molecule has 3 heteroatoms. The number of fused-ring (bicyclic) bond motifs is 4. The lowest BCUT2D eigenvalue weighted by Gasteiger charge is -2.06. The van der Waals surface area contributed by atoms with Crippen molar-refractivity contribution in [1.82, 2.24) is 4.57 Å². The minimum Gasteiger partial charge on any atom is -0.497 e. The van der Waals surface area contributed by atoms with Crippen molar-refractivity contribution in [2.45, 2.75) is 0 Å². The molecular weight excluding hydrogens is 218 g/mol. The number of nitrogens with zero attached hydrogens (tertiary/aromatic N) is 1. The molecule has 0 aromatic heterocycles. The van der Waals surface area contributed by atoms with Crippen LogP contribution in [-0.2, 0) is 0 Å². The average Bonchev–Trinajstić information content (AvgIpc) is 2.65. The van der Waals surface area contributed by atoms with Crippen molar-refractivity contribution in [1.29, 1.82) is 0 Å². The molecule has 2 aliphatic heterocycles. The van der Waals surface area contributed by atoms with Crippen LogP contribution < -0.4 is 4.74 Å². The van der Waals surface area contributed by atoms with E-state index in [-0.39, 0.29) is 0 Å². The predicted octanol–water partition coefficient (Wildman–Crippen LogP) is 2.72. The molecule has 0 aliphatic carbocycles. The van der Waals surface area contributed by atoms with Crippen LogP contribution >= 0.6 is 15.9 Å². The molecule has 1 aromatic carbocycles. The average molecular weight is 224 g/mol. The summed E-state index contributed by atoms with van der Waals surface area (Å²) in [5.41, 5.74) is 2.58. The van der Waals surface area contributed by atoms with Crippen LogP contribution in [0.2, 0.25) is 0 Å². The number of benzene rings is 1. The van der Waals surface area contributed by atoms with E-state index in [4.69, 9.17) is 4.74 Å². The van der Waals surface area contributed by atoms with E-state index in [9.17, 15) is 0 Å². The Bertz CT molecular complexity index is 487. The van der Waals surface area contributed by atoms with Gasteiger partial charge in [-0.3, -0.25) is 4.57 Å². The molecular formula is C9H6BrNO. The fourth-order valence-corrected chi connectivity index (χ4v) is 2.25. The number of rotatable bonds is 1. The SMILES string of the molecule is COc1ccc2c(c1)c1c(Br)n2-1. The Kier molecular flexibility index (Phi) is 1.01. The van der Waals surface area contributed by atoms with E-state index in [2.05, 4.69) is 32.6 Å². The van der Waals surface area contributed by atoms with Crippen LogP contribution in [0, 0.1) is 0 Å². The molecule has 0 amide bonds. The summed E-state index contributed by atoms with van der Waals surface area (Å²) >= 11 is 3.47. The van der Waals surface area contributed by atoms with Crippen LogP contribution in [0.5, 0.6) is 5.75 Å². The van der Waals surface area contributed by atoms with E-state index in [0.717, 1.165) is 5.75 Å². The molecule has 0 fully saturated rings. The molecule has 0 N–H and O–H groups in total. The Morgan fingerprint density at radius 3 is 3.00 bits per heavy atom. The van der Waals surface area contributed by atoms with Gasteiger partial charge in [0.25, 0.3) is 0 Å². The third-order valence-corrected chi connectivity index (χ3v) is 3.00. The van der Waals surface area contributed by atoms with Crippen molar-refractivity contribution in [2.75, 3.05) is 7.11 Å². The van der Waals surface area contributed by atoms with Crippen molar-refractivity contribution in [3.63, 3.8) is 0 Å². The molecule has 2 aliphatic rings. The van der Waals surface area contributed by atoms with Gasteiger partial charge in [0.15, 0.2) is 0 Å². The molecule has 0 unspecified atom stereocenters.